The fourth-order valence-corrected chi connectivity index (χ4v) is 8.30. The van der Waals surface area contributed by atoms with E-state index in [0.29, 0.717) is 5.75 Å². The molecule has 27 heavy (non-hydrogen) atoms. The molecule has 2 aliphatic heterocycles. The molecule has 0 saturated carbocycles. The Balaban J connectivity index is 1.92. The average molecular weight is 439 g/mol. The van der Waals surface area contributed by atoms with Crippen LogP contribution < -0.4 is 10.2 Å². The van der Waals surface area contributed by atoms with Gasteiger partial charge in [0, 0.05) is 6.04 Å². The van der Waals surface area contributed by atoms with Gasteiger partial charge in [-0.05, 0) is 37.1 Å². The van der Waals surface area contributed by atoms with Gasteiger partial charge in [-0.2, -0.15) is 0 Å². The maximum absolute atomic E-state index is 13.2. The van der Waals surface area contributed by atoms with Gasteiger partial charge in [-0.15, -0.1) is 4.41 Å². The summed E-state index contributed by atoms with van der Waals surface area (Å²) in [6, 6.07) is 4.37. The molecule has 0 aliphatic carbocycles. The van der Waals surface area contributed by atoms with Crippen LogP contribution in [0.2, 0.25) is 0 Å². The molecule has 1 N–H and O–H groups in total. The number of hydrazine groups is 1. The van der Waals surface area contributed by atoms with Crippen molar-refractivity contribution in [2.45, 2.75) is 29.8 Å². The van der Waals surface area contributed by atoms with Crippen molar-refractivity contribution >= 4 is 29.7 Å². The monoisotopic (exact) mass is 438 g/mol. The molecule has 0 aromatic heterocycles. The van der Waals surface area contributed by atoms with Crippen molar-refractivity contribution in [3.63, 3.8) is 0 Å². The molecule has 2 aliphatic rings. The second kappa shape index (κ2) is 7.32. The Morgan fingerprint density at radius 2 is 1.59 bits per heavy atom. The highest BCUT2D eigenvalue weighted by Crippen LogP contribution is 2.26. The van der Waals surface area contributed by atoms with Gasteiger partial charge < -0.3 is 4.74 Å². The molecule has 0 amide bonds. The normalized spacial score (nSPS) is 27.0. The van der Waals surface area contributed by atoms with Crippen molar-refractivity contribution in [1.29, 1.82) is 0 Å². The second-order valence-corrected chi connectivity index (χ2v) is 13.0. The SMILES string of the molecule is COc1ccc(S(=O)(=O)N(N[C@H]2CCS(=O)(=O)C2)[C@@H]2CCS(=O)(=O)C2)cc1. The molecule has 0 unspecified atom stereocenters. The van der Waals surface area contributed by atoms with E-state index in [-0.39, 0.29) is 40.7 Å². The average Bonchev–Trinajstić information content (AvgIpc) is 3.13. The molecule has 12 heteroatoms. The van der Waals surface area contributed by atoms with Gasteiger partial charge in [0.1, 0.15) is 5.75 Å². The lowest BCUT2D eigenvalue weighted by Gasteiger charge is -2.30. The summed E-state index contributed by atoms with van der Waals surface area (Å²) in [5.41, 5.74) is 2.79. The zero-order valence-electron chi connectivity index (χ0n) is 14.7. The second-order valence-electron chi connectivity index (χ2n) is 6.76. The van der Waals surface area contributed by atoms with E-state index in [9.17, 15) is 25.3 Å². The summed E-state index contributed by atoms with van der Waals surface area (Å²) in [4.78, 5) is -0.0269. The summed E-state index contributed by atoms with van der Waals surface area (Å²) in [6.07, 6.45) is 0.431. The van der Waals surface area contributed by atoms with Crippen LogP contribution in [0.4, 0.5) is 0 Å². The maximum atomic E-state index is 13.2. The zero-order chi connectivity index (χ0) is 19.9. The Hall–Kier alpha value is -1.21. The number of benzene rings is 1. The Labute approximate surface area is 159 Å². The first kappa shape index (κ1) is 20.5. The van der Waals surface area contributed by atoms with Crippen LogP contribution in [0.3, 0.4) is 0 Å². The van der Waals surface area contributed by atoms with Crippen LogP contribution >= 0.6 is 0 Å². The molecule has 0 spiro atoms. The van der Waals surface area contributed by atoms with Crippen molar-refractivity contribution in [3.05, 3.63) is 24.3 Å². The number of hydrogen-bond acceptors (Lipinski definition) is 8. The highest BCUT2D eigenvalue weighted by molar-refractivity contribution is 7.92. The lowest BCUT2D eigenvalue weighted by molar-refractivity contribution is 0.229. The van der Waals surface area contributed by atoms with Crippen molar-refractivity contribution in [3.8, 4) is 5.75 Å². The largest absolute Gasteiger partial charge is 0.497 e. The maximum Gasteiger partial charge on any atom is 0.256 e. The van der Waals surface area contributed by atoms with Gasteiger partial charge in [-0.25, -0.2) is 30.7 Å². The molecule has 0 radical (unpaired) electrons. The first-order chi connectivity index (χ1) is 12.5. The van der Waals surface area contributed by atoms with E-state index in [1.165, 1.54) is 31.4 Å². The zero-order valence-corrected chi connectivity index (χ0v) is 17.2. The minimum absolute atomic E-state index is 0.0238. The summed E-state index contributed by atoms with van der Waals surface area (Å²) in [5.74, 6) is -0.115. The minimum atomic E-state index is -4.08. The lowest BCUT2D eigenvalue weighted by Crippen LogP contribution is -2.54. The van der Waals surface area contributed by atoms with E-state index in [1.807, 2.05) is 0 Å². The van der Waals surface area contributed by atoms with Crippen molar-refractivity contribution in [2.75, 3.05) is 30.1 Å². The summed E-state index contributed by atoms with van der Waals surface area (Å²) in [5, 5.41) is 0. The predicted octanol–water partition coefficient (Wildman–Crippen LogP) is -0.435. The number of rotatable bonds is 6. The standard InChI is InChI=1S/C15H22N2O7S3/c1-24-14-2-4-15(5-3-14)27(22,23)17(13-7-9-26(20,21)11-13)16-12-6-8-25(18,19)10-12/h2-5,12-13,16H,6-11H2,1H3/t12-,13+/m0/s1. The van der Waals surface area contributed by atoms with Crippen molar-refractivity contribution < 1.29 is 30.0 Å². The fourth-order valence-electron chi connectivity index (χ4n) is 3.27. The smallest absolute Gasteiger partial charge is 0.256 e. The van der Waals surface area contributed by atoms with Crippen LogP contribution in [0.1, 0.15) is 12.8 Å². The van der Waals surface area contributed by atoms with E-state index >= 15 is 0 Å². The summed E-state index contributed by atoms with van der Waals surface area (Å²) < 4.78 is 79.5. The van der Waals surface area contributed by atoms with Crippen LogP contribution in [0.25, 0.3) is 0 Å². The molecule has 1 aromatic carbocycles. The third-order valence-corrected chi connectivity index (χ3v) is 10.0. The highest BCUT2D eigenvalue weighted by atomic mass is 32.2. The number of hydrogen-bond donors (Lipinski definition) is 1. The molecule has 3 rings (SSSR count). The van der Waals surface area contributed by atoms with Gasteiger partial charge in [0.15, 0.2) is 19.7 Å². The Morgan fingerprint density at radius 1 is 1.00 bits per heavy atom. The molecule has 2 atom stereocenters. The fraction of sp³-hybridized carbons (Fsp3) is 0.600. The van der Waals surface area contributed by atoms with E-state index in [1.54, 1.807) is 0 Å². The van der Waals surface area contributed by atoms with E-state index < -0.39 is 41.8 Å². The van der Waals surface area contributed by atoms with Crippen LogP contribution in [-0.4, -0.2) is 71.9 Å². The van der Waals surface area contributed by atoms with E-state index in [4.69, 9.17) is 4.74 Å². The number of nitrogens with zero attached hydrogens (tertiary/aromatic N) is 1. The van der Waals surface area contributed by atoms with Crippen LogP contribution in [-0.2, 0) is 29.7 Å². The molecule has 0 bridgehead atoms. The molecular formula is C15H22N2O7S3. The highest BCUT2D eigenvalue weighted by Gasteiger charge is 2.41. The number of methoxy groups -OCH3 is 1. The Morgan fingerprint density at radius 3 is 2.07 bits per heavy atom. The predicted molar refractivity (Wildman–Crippen MR) is 99.3 cm³/mol. The molecule has 9 nitrogen and oxygen atoms in total. The van der Waals surface area contributed by atoms with E-state index in [2.05, 4.69) is 5.43 Å². The Kier molecular flexibility index (Phi) is 5.56. The van der Waals surface area contributed by atoms with Crippen LogP contribution in [0.15, 0.2) is 29.2 Å². The lowest BCUT2D eigenvalue weighted by atomic mass is 10.2. The number of sulfonamides is 1. The van der Waals surface area contributed by atoms with Crippen molar-refractivity contribution in [1.82, 2.24) is 9.84 Å². The quantitative estimate of drug-likeness (QED) is 0.593. The first-order valence-corrected chi connectivity index (χ1v) is 13.5. The summed E-state index contributed by atoms with van der Waals surface area (Å²) >= 11 is 0. The summed E-state index contributed by atoms with van der Waals surface area (Å²) in [6.45, 7) is 0. The summed E-state index contributed by atoms with van der Waals surface area (Å²) in [7, 11) is -9.18. The van der Waals surface area contributed by atoms with Crippen LogP contribution in [0.5, 0.6) is 5.75 Å². The molecule has 2 fully saturated rings. The third-order valence-electron chi connectivity index (χ3n) is 4.70. The van der Waals surface area contributed by atoms with Gasteiger partial charge in [-0.3, -0.25) is 0 Å². The van der Waals surface area contributed by atoms with Crippen LogP contribution in [0, 0.1) is 0 Å². The number of ether oxygens (including phenoxy) is 1. The molecule has 2 saturated heterocycles. The minimum Gasteiger partial charge on any atom is -0.497 e. The molecule has 152 valence electrons. The Bertz CT molecular complexity index is 1000. The molecular weight excluding hydrogens is 416 g/mol. The third kappa shape index (κ3) is 4.62. The molecule has 1 aromatic rings. The number of nitrogens with one attached hydrogen (secondary N) is 1. The van der Waals surface area contributed by atoms with Crippen molar-refractivity contribution in [2.24, 2.45) is 0 Å². The van der Waals surface area contributed by atoms with Gasteiger partial charge in [0.2, 0.25) is 0 Å². The topological polar surface area (TPSA) is 127 Å². The number of sulfone groups is 2. The molecule has 2 heterocycles. The van der Waals surface area contributed by atoms with Gasteiger partial charge >= 0.3 is 0 Å². The van der Waals surface area contributed by atoms with E-state index in [0.717, 1.165) is 4.41 Å². The van der Waals surface area contributed by atoms with Gasteiger partial charge in [0.05, 0.1) is 41.1 Å². The first-order valence-electron chi connectivity index (χ1n) is 8.38. The van der Waals surface area contributed by atoms with Gasteiger partial charge in [-0.1, -0.05) is 0 Å². The van der Waals surface area contributed by atoms with Gasteiger partial charge in [0.25, 0.3) is 10.0 Å².